The van der Waals surface area contributed by atoms with Crippen LogP contribution in [0.3, 0.4) is 0 Å². The summed E-state index contributed by atoms with van der Waals surface area (Å²) < 4.78 is 2.54. The largest absolute Gasteiger partial charge is 0.310 e. The molecular weight excluding hydrogens is 751 g/mol. The molecule has 3 aliphatic heterocycles. The summed E-state index contributed by atoms with van der Waals surface area (Å²) in [6, 6.07) is 74.7. The van der Waals surface area contributed by atoms with Crippen LogP contribution in [-0.2, 0) is 18.3 Å². The molecule has 10 aromatic rings. The number of rotatable bonds is 4. The molecule has 1 aromatic heterocycles. The van der Waals surface area contributed by atoms with Crippen molar-refractivity contribution in [2.45, 2.75) is 32.1 Å². The number of para-hydroxylation sites is 5. The van der Waals surface area contributed by atoms with Crippen molar-refractivity contribution in [3.05, 3.63) is 234 Å². The minimum atomic E-state index is -0.211. The molecule has 62 heavy (non-hydrogen) atoms. The molecule has 0 saturated heterocycles. The molecule has 0 unspecified atom stereocenters. The van der Waals surface area contributed by atoms with E-state index in [0.29, 0.717) is 0 Å². The van der Waals surface area contributed by atoms with Gasteiger partial charge in [0.25, 0.3) is 0 Å². The third kappa shape index (κ3) is 5.12. The SMILES string of the molecule is CC1(C)c2ccccc2-n2c3ccc(-c4ccc5c(c4)N(c4ccccc4)c4ccccc4C5)cc3c3cc(-c4ccc5c(c4)N(c4ccccc4)c4ccccc4C5)cc1c32. The smallest absolute Gasteiger partial charge is 0.0582 e. The second-order valence-electron chi connectivity index (χ2n) is 17.8. The Balaban J connectivity index is 1.01. The monoisotopic (exact) mass is 793 g/mol. The van der Waals surface area contributed by atoms with Crippen LogP contribution in [0.25, 0.3) is 49.7 Å². The van der Waals surface area contributed by atoms with Gasteiger partial charge in [-0.05, 0) is 134 Å². The summed E-state index contributed by atoms with van der Waals surface area (Å²) >= 11 is 0. The van der Waals surface area contributed by atoms with Crippen molar-refractivity contribution in [3.63, 3.8) is 0 Å². The molecule has 13 rings (SSSR count). The van der Waals surface area contributed by atoms with Crippen molar-refractivity contribution in [2.24, 2.45) is 0 Å². The lowest BCUT2D eigenvalue weighted by Crippen LogP contribution is -2.26. The molecule has 3 nitrogen and oxygen atoms in total. The average molecular weight is 794 g/mol. The summed E-state index contributed by atoms with van der Waals surface area (Å²) in [5.41, 5.74) is 23.9. The molecule has 0 radical (unpaired) electrons. The Kier molecular flexibility index (Phi) is 7.48. The van der Waals surface area contributed by atoms with E-state index < -0.39 is 0 Å². The molecule has 0 bridgehead atoms. The van der Waals surface area contributed by atoms with Gasteiger partial charge in [-0.3, -0.25) is 0 Å². The average Bonchev–Trinajstić information content (AvgIpc) is 3.65. The first-order valence-electron chi connectivity index (χ1n) is 21.8. The maximum absolute atomic E-state index is 2.54. The van der Waals surface area contributed by atoms with Crippen LogP contribution in [0.4, 0.5) is 34.1 Å². The molecule has 0 saturated carbocycles. The highest BCUT2D eigenvalue weighted by Crippen LogP contribution is 2.52. The maximum Gasteiger partial charge on any atom is 0.0582 e. The molecule has 0 aliphatic carbocycles. The van der Waals surface area contributed by atoms with Crippen molar-refractivity contribution in [3.8, 4) is 27.9 Å². The Hall–Kier alpha value is -7.62. The van der Waals surface area contributed by atoms with Crippen LogP contribution < -0.4 is 9.80 Å². The predicted octanol–water partition coefficient (Wildman–Crippen LogP) is 15.5. The molecule has 294 valence electrons. The van der Waals surface area contributed by atoms with Crippen LogP contribution in [0.5, 0.6) is 0 Å². The summed E-state index contributed by atoms with van der Waals surface area (Å²) in [4.78, 5) is 4.90. The zero-order valence-electron chi connectivity index (χ0n) is 34.8. The van der Waals surface area contributed by atoms with Crippen LogP contribution >= 0.6 is 0 Å². The highest BCUT2D eigenvalue weighted by Gasteiger charge is 2.36. The lowest BCUT2D eigenvalue weighted by molar-refractivity contribution is 0.630. The van der Waals surface area contributed by atoms with Gasteiger partial charge in [0, 0.05) is 51.8 Å². The second-order valence-corrected chi connectivity index (χ2v) is 17.8. The van der Waals surface area contributed by atoms with Gasteiger partial charge in [-0.1, -0.05) is 135 Å². The Labute approximate surface area is 362 Å². The van der Waals surface area contributed by atoms with Crippen molar-refractivity contribution >= 4 is 55.9 Å². The molecule has 3 aliphatic rings. The first kappa shape index (κ1) is 35.2. The second kappa shape index (κ2) is 13.2. The van der Waals surface area contributed by atoms with Gasteiger partial charge in [0.15, 0.2) is 0 Å². The molecule has 3 heteroatoms. The Bertz CT molecular complexity index is 3450. The number of anilines is 6. The third-order valence-electron chi connectivity index (χ3n) is 13.9. The molecule has 0 N–H and O–H groups in total. The fourth-order valence-electron chi connectivity index (χ4n) is 10.9. The lowest BCUT2D eigenvalue weighted by Gasteiger charge is -2.35. The fourth-order valence-corrected chi connectivity index (χ4v) is 10.9. The van der Waals surface area contributed by atoms with Gasteiger partial charge in [0.2, 0.25) is 0 Å². The van der Waals surface area contributed by atoms with E-state index >= 15 is 0 Å². The highest BCUT2D eigenvalue weighted by molar-refractivity contribution is 6.14. The first-order valence-corrected chi connectivity index (χ1v) is 21.8. The quantitative estimate of drug-likeness (QED) is 0.176. The van der Waals surface area contributed by atoms with Crippen LogP contribution in [0, 0.1) is 0 Å². The molecule has 9 aromatic carbocycles. The standard InChI is InChI=1S/C59H43N3/c1-59(2)50-21-11-14-24-55(50)62-54-30-29-38(39-25-27-43-31-41-15-9-12-22-52(41)60(56(43)36-39)46-17-5-3-6-18-46)33-48(54)49-34-45(35-51(59)58(49)62)40-26-28-44-32-42-16-10-13-23-53(42)61(57(44)37-40)47-19-7-4-8-20-47/h3-30,33-37H,31-32H2,1-2H3. The highest BCUT2D eigenvalue weighted by atomic mass is 15.2. The van der Waals surface area contributed by atoms with Gasteiger partial charge in [0.05, 0.1) is 28.1 Å². The van der Waals surface area contributed by atoms with Gasteiger partial charge in [-0.25, -0.2) is 0 Å². The summed E-state index contributed by atoms with van der Waals surface area (Å²) in [6.07, 6.45) is 1.83. The predicted molar refractivity (Wildman–Crippen MR) is 259 cm³/mol. The minimum absolute atomic E-state index is 0.211. The van der Waals surface area contributed by atoms with E-state index in [1.54, 1.807) is 0 Å². The number of fused-ring (bicyclic) bond motifs is 9. The minimum Gasteiger partial charge on any atom is -0.310 e. The van der Waals surface area contributed by atoms with Crippen molar-refractivity contribution in [2.75, 3.05) is 9.80 Å². The molecule has 0 fully saturated rings. The molecule has 0 spiro atoms. The summed E-state index contributed by atoms with van der Waals surface area (Å²) in [7, 11) is 0. The van der Waals surface area contributed by atoms with E-state index in [1.165, 1.54) is 117 Å². The normalized spacial score (nSPS) is 14.2. The van der Waals surface area contributed by atoms with Gasteiger partial charge in [-0.2, -0.15) is 0 Å². The van der Waals surface area contributed by atoms with E-state index in [-0.39, 0.29) is 5.41 Å². The van der Waals surface area contributed by atoms with Gasteiger partial charge < -0.3 is 14.4 Å². The molecular formula is C59H43N3. The Morgan fingerprint density at radius 2 is 0.823 bits per heavy atom. The zero-order valence-corrected chi connectivity index (χ0v) is 34.8. The number of benzene rings is 9. The van der Waals surface area contributed by atoms with Crippen LogP contribution in [-0.4, -0.2) is 4.57 Å². The van der Waals surface area contributed by atoms with E-state index in [1.807, 2.05) is 0 Å². The molecule has 0 amide bonds. The zero-order chi connectivity index (χ0) is 41.1. The number of aromatic nitrogens is 1. The lowest BCUT2D eigenvalue weighted by atomic mass is 9.74. The Morgan fingerprint density at radius 1 is 0.355 bits per heavy atom. The number of hydrogen-bond donors (Lipinski definition) is 0. The maximum atomic E-state index is 2.54. The van der Waals surface area contributed by atoms with Gasteiger partial charge in [-0.15, -0.1) is 0 Å². The number of nitrogens with zero attached hydrogens (tertiary/aromatic N) is 3. The summed E-state index contributed by atoms with van der Waals surface area (Å²) in [5.74, 6) is 0. The first-order chi connectivity index (χ1) is 30.5. The summed E-state index contributed by atoms with van der Waals surface area (Å²) in [5, 5.41) is 2.56. The van der Waals surface area contributed by atoms with E-state index in [2.05, 4.69) is 228 Å². The van der Waals surface area contributed by atoms with Crippen molar-refractivity contribution in [1.82, 2.24) is 4.57 Å². The van der Waals surface area contributed by atoms with Crippen LogP contribution in [0.1, 0.15) is 47.2 Å². The van der Waals surface area contributed by atoms with Crippen molar-refractivity contribution < 1.29 is 0 Å². The summed E-state index contributed by atoms with van der Waals surface area (Å²) in [6.45, 7) is 4.81. The number of hydrogen-bond acceptors (Lipinski definition) is 2. The Morgan fingerprint density at radius 3 is 1.44 bits per heavy atom. The molecule has 0 atom stereocenters. The van der Waals surface area contributed by atoms with E-state index in [4.69, 9.17) is 0 Å². The topological polar surface area (TPSA) is 11.4 Å². The van der Waals surface area contributed by atoms with Gasteiger partial charge in [0.1, 0.15) is 0 Å². The molecule has 4 heterocycles. The van der Waals surface area contributed by atoms with Crippen molar-refractivity contribution in [1.29, 1.82) is 0 Å². The van der Waals surface area contributed by atoms with Crippen LogP contribution in [0.2, 0.25) is 0 Å². The van der Waals surface area contributed by atoms with Gasteiger partial charge >= 0.3 is 0 Å². The van der Waals surface area contributed by atoms with E-state index in [9.17, 15) is 0 Å². The third-order valence-corrected chi connectivity index (χ3v) is 13.9. The fraction of sp³-hybridized carbons (Fsp3) is 0.0847. The van der Waals surface area contributed by atoms with Crippen LogP contribution in [0.15, 0.2) is 200 Å². The van der Waals surface area contributed by atoms with E-state index in [0.717, 1.165) is 12.8 Å².